The number of benzene rings is 2. The number of aromatic hydroxyl groups is 1. The fourth-order valence-electron chi connectivity index (χ4n) is 3.29. The van der Waals surface area contributed by atoms with Gasteiger partial charge in [0.15, 0.2) is 5.78 Å². The van der Waals surface area contributed by atoms with Gasteiger partial charge in [-0.2, -0.15) is 0 Å². The molecule has 3 nitrogen and oxygen atoms in total. The molecule has 0 saturated heterocycles. The number of carbonyl (C=O) groups excluding carboxylic acids is 1. The molecule has 0 atom stereocenters. The third-order valence-corrected chi connectivity index (χ3v) is 4.45. The van der Waals surface area contributed by atoms with Gasteiger partial charge in [-0.15, -0.1) is 0 Å². The minimum Gasteiger partial charge on any atom is -0.507 e. The zero-order valence-electron chi connectivity index (χ0n) is 12.6. The summed E-state index contributed by atoms with van der Waals surface area (Å²) in [7, 11) is 0. The topological polar surface area (TPSA) is 63.3 Å². The van der Waals surface area contributed by atoms with Crippen molar-refractivity contribution in [2.24, 2.45) is 5.73 Å². The Morgan fingerprint density at radius 3 is 2.59 bits per heavy atom. The molecule has 0 bridgehead atoms. The highest BCUT2D eigenvalue weighted by Crippen LogP contribution is 2.34. The fourth-order valence-corrected chi connectivity index (χ4v) is 3.29. The van der Waals surface area contributed by atoms with Crippen LogP contribution in [0.4, 0.5) is 0 Å². The molecule has 0 aromatic heterocycles. The molecule has 22 heavy (non-hydrogen) atoms. The molecule has 0 radical (unpaired) electrons. The number of aryl methyl sites for hydroxylation is 1. The first-order chi connectivity index (χ1) is 10.7. The second-order valence-corrected chi connectivity index (χ2v) is 5.89. The van der Waals surface area contributed by atoms with Crippen LogP contribution in [0.5, 0.6) is 5.75 Å². The Hall–Kier alpha value is -2.13. The maximum Gasteiger partial charge on any atom is 0.170 e. The van der Waals surface area contributed by atoms with Crippen molar-refractivity contribution in [3.8, 4) is 5.75 Å². The monoisotopic (exact) mass is 295 g/mol. The van der Waals surface area contributed by atoms with E-state index in [2.05, 4.69) is 0 Å². The summed E-state index contributed by atoms with van der Waals surface area (Å²) >= 11 is 0. The molecule has 1 aliphatic carbocycles. The predicted molar refractivity (Wildman–Crippen MR) is 87.1 cm³/mol. The Balaban J connectivity index is 1.98. The summed E-state index contributed by atoms with van der Waals surface area (Å²) in [6.07, 6.45) is 4.47. The van der Waals surface area contributed by atoms with Crippen molar-refractivity contribution in [1.82, 2.24) is 0 Å². The fraction of sp³-hybridized carbons (Fsp3) is 0.316. The number of hydrogen-bond acceptors (Lipinski definition) is 3. The summed E-state index contributed by atoms with van der Waals surface area (Å²) in [5.41, 5.74) is 10.3. The number of hydrogen-bond donors (Lipinski definition) is 2. The number of phenolic OH excluding ortho intramolecular Hbond substituents is 1. The van der Waals surface area contributed by atoms with Crippen LogP contribution in [0.25, 0.3) is 0 Å². The molecule has 0 fully saturated rings. The zero-order valence-corrected chi connectivity index (χ0v) is 12.6. The number of nitrogens with two attached hydrogens (primary N) is 1. The van der Waals surface area contributed by atoms with E-state index in [1.54, 1.807) is 0 Å². The second kappa shape index (κ2) is 6.32. The molecule has 0 spiro atoms. The SMILES string of the molecule is NCc1c(O)c(C(=O)Cc2ccccc2)cc2c1CCCC2. The number of Topliss-reactive ketones (excluding diaryl/α,β-unsaturated/α-hetero) is 1. The van der Waals surface area contributed by atoms with Crippen molar-refractivity contribution < 1.29 is 9.90 Å². The molecule has 0 aliphatic heterocycles. The van der Waals surface area contributed by atoms with Crippen LogP contribution in [0.15, 0.2) is 36.4 Å². The molecule has 0 saturated carbocycles. The molecule has 3 heteroatoms. The lowest BCUT2D eigenvalue weighted by Gasteiger charge is -2.22. The number of rotatable bonds is 4. The maximum atomic E-state index is 12.6. The molecule has 0 unspecified atom stereocenters. The van der Waals surface area contributed by atoms with Gasteiger partial charge in [0.1, 0.15) is 5.75 Å². The molecule has 2 aromatic rings. The number of fused-ring (bicyclic) bond motifs is 1. The molecule has 0 amide bonds. The largest absolute Gasteiger partial charge is 0.507 e. The molecular weight excluding hydrogens is 274 g/mol. The van der Waals surface area contributed by atoms with E-state index >= 15 is 0 Å². The standard InChI is InChI=1S/C19H21NO2/c20-12-17-15-9-5-4-8-14(15)11-16(19(17)22)18(21)10-13-6-2-1-3-7-13/h1-3,6-7,11,22H,4-5,8-10,12,20H2. The minimum absolute atomic E-state index is 0.0493. The van der Waals surface area contributed by atoms with E-state index in [1.165, 1.54) is 5.56 Å². The highest BCUT2D eigenvalue weighted by molar-refractivity contribution is 6.00. The van der Waals surface area contributed by atoms with Crippen LogP contribution in [0, 0.1) is 0 Å². The summed E-state index contributed by atoms with van der Waals surface area (Å²) in [4.78, 5) is 12.6. The third kappa shape index (κ3) is 2.77. The van der Waals surface area contributed by atoms with Gasteiger partial charge in [0, 0.05) is 18.5 Å². The van der Waals surface area contributed by atoms with Crippen LogP contribution < -0.4 is 5.73 Å². The summed E-state index contributed by atoms with van der Waals surface area (Å²) in [5, 5.41) is 10.5. The summed E-state index contributed by atoms with van der Waals surface area (Å²) < 4.78 is 0. The predicted octanol–water partition coefficient (Wildman–Crippen LogP) is 3.16. The lowest BCUT2D eigenvalue weighted by atomic mass is 9.84. The first-order valence-electron chi connectivity index (χ1n) is 7.84. The summed E-state index contributed by atoms with van der Waals surface area (Å²) in [6.45, 7) is 0.278. The van der Waals surface area contributed by atoms with Crippen LogP contribution in [-0.4, -0.2) is 10.9 Å². The van der Waals surface area contributed by atoms with Crippen molar-refractivity contribution in [2.45, 2.75) is 38.6 Å². The lowest BCUT2D eigenvalue weighted by Crippen LogP contribution is -2.14. The van der Waals surface area contributed by atoms with Crippen molar-refractivity contribution in [2.75, 3.05) is 0 Å². The van der Waals surface area contributed by atoms with Gasteiger partial charge in [-0.1, -0.05) is 30.3 Å². The lowest BCUT2D eigenvalue weighted by molar-refractivity contribution is 0.0990. The van der Waals surface area contributed by atoms with E-state index in [-0.39, 0.29) is 18.1 Å². The van der Waals surface area contributed by atoms with Crippen LogP contribution in [-0.2, 0) is 25.8 Å². The van der Waals surface area contributed by atoms with Gasteiger partial charge in [-0.3, -0.25) is 4.79 Å². The molecule has 114 valence electrons. The van der Waals surface area contributed by atoms with Gasteiger partial charge in [0.25, 0.3) is 0 Å². The van der Waals surface area contributed by atoms with E-state index in [9.17, 15) is 9.90 Å². The normalized spacial score (nSPS) is 13.7. The number of carbonyl (C=O) groups is 1. The van der Waals surface area contributed by atoms with Gasteiger partial charge >= 0.3 is 0 Å². The Bertz CT molecular complexity index is 692. The van der Waals surface area contributed by atoms with Crippen LogP contribution >= 0.6 is 0 Å². The van der Waals surface area contributed by atoms with Crippen molar-refractivity contribution >= 4 is 5.78 Å². The van der Waals surface area contributed by atoms with Gasteiger partial charge in [-0.25, -0.2) is 0 Å². The van der Waals surface area contributed by atoms with E-state index in [0.717, 1.165) is 42.4 Å². The van der Waals surface area contributed by atoms with Crippen molar-refractivity contribution in [3.63, 3.8) is 0 Å². The van der Waals surface area contributed by atoms with E-state index in [1.807, 2.05) is 36.4 Å². The Morgan fingerprint density at radius 2 is 1.86 bits per heavy atom. The molecule has 2 aromatic carbocycles. The number of ketones is 1. The van der Waals surface area contributed by atoms with E-state index in [4.69, 9.17) is 5.73 Å². The molecular formula is C19H21NO2. The van der Waals surface area contributed by atoms with Crippen molar-refractivity contribution in [3.05, 3.63) is 64.2 Å². The molecule has 1 aliphatic rings. The minimum atomic E-state index is -0.0493. The van der Waals surface area contributed by atoms with Gasteiger partial charge < -0.3 is 10.8 Å². The maximum absolute atomic E-state index is 12.6. The molecule has 3 rings (SSSR count). The average molecular weight is 295 g/mol. The highest BCUT2D eigenvalue weighted by atomic mass is 16.3. The summed E-state index contributed by atoms with van der Waals surface area (Å²) in [5.74, 6) is 0.0378. The number of phenols is 1. The van der Waals surface area contributed by atoms with E-state index in [0.29, 0.717) is 12.0 Å². The Kier molecular flexibility index (Phi) is 4.25. The van der Waals surface area contributed by atoms with Gasteiger partial charge in [0.2, 0.25) is 0 Å². The van der Waals surface area contributed by atoms with E-state index < -0.39 is 0 Å². The van der Waals surface area contributed by atoms with Gasteiger partial charge in [0.05, 0.1) is 5.56 Å². The first-order valence-corrected chi connectivity index (χ1v) is 7.84. The smallest absolute Gasteiger partial charge is 0.170 e. The van der Waals surface area contributed by atoms with Gasteiger partial charge in [-0.05, 0) is 48.4 Å². The van der Waals surface area contributed by atoms with Crippen molar-refractivity contribution in [1.29, 1.82) is 0 Å². The summed E-state index contributed by atoms with van der Waals surface area (Å²) in [6, 6.07) is 11.5. The Labute approximate surface area is 130 Å². The van der Waals surface area contributed by atoms with Crippen LogP contribution in [0.2, 0.25) is 0 Å². The second-order valence-electron chi connectivity index (χ2n) is 5.89. The Morgan fingerprint density at radius 1 is 1.14 bits per heavy atom. The average Bonchev–Trinajstić information content (AvgIpc) is 2.55. The van der Waals surface area contributed by atoms with Crippen LogP contribution in [0.3, 0.4) is 0 Å². The van der Waals surface area contributed by atoms with Crippen LogP contribution in [0.1, 0.15) is 45.5 Å². The third-order valence-electron chi connectivity index (χ3n) is 4.45. The highest BCUT2D eigenvalue weighted by Gasteiger charge is 2.22. The first kappa shape index (κ1) is 14.8. The molecule has 3 N–H and O–H groups in total. The zero-order chi connectivity index (χ0) is 15.5. The quantitative estimate of drug-likeness (QED) is 0.852. The molecule has 0 heterocycles.